The average Bonchev–Trinajstić information content (AvgIpc) is 2.14. The molecule has 2 nitrogen and oxygen atoms in total. The van der Waals surface area contributed by atoms with Gasteiger partial charge in [-0.15, -0.1) is 0 Å². The highest BCUT2D eigenvalue weighted by Crippen LogP contribution is 1.91. The summed E-state index contributed by atoms with van der Waals surface area (Å²) in [6, 6.07) is 0. The summed E-state index contributed by atoms with van der Waals surface area (Å²) in [4.78, 5) is 0. The molecule has 8 heavy (non-hydrogen) atoms. The van der Waals surface area contributed by atoms with Gasteiger partial charge < -0.3 is 0 Å². The Morgan fingerprint density at radius 1 is 1.88 bits per heavy atom. The summed E-state index contributed by atoms with van der Waals surface area (Å²) in [5.41, 5.74) is 0. The van der Waals surface area contributed by atoms with Crippen molar-refractivity contribution in [1.82, 2.24) is 9.78 Å². The van der Waals surface area contributed by atoms with Crippen molar-refractivity contribution in [2.24, 2.45) is 0 Å². The maximum Gasteiger partial charge on any atom is 0.161 e. The fraction of sp³-hybridized carbons (Fsp3) is 0.400. The van der Waals surface area contributed by atoms with Gasteiger partial charge in [0.15, 0.2) is 5.82 Å². The van der Waals surface area contributed by atoms with E-state index in [1.807, 2.05) is 6.92 Å². The van der Waals surface area contributed by atoms with Gasteiger partial charge in [-0.05, 0) is 6.92 Å². The van der Waals surface area contributed by atoms with E-state index in [-0.39, 0.29) is 5.82 Å². The van der Waals surface area contributed by atoms with E-state index in [9.17, 15) is 4.39 Å². The largest absolute Gasteiger partial charge is 0.270 e. The van der Waals surface area contributed by atoms with Gasteiger partial charge in [0.1, 0.15) is 0 Å². The zero-order chi connectivity index (χ0) is 5.98. The smallest absolute Gasteiger partial charge is 0.161 e. The average molecular weight is 114 g/mol. The molecule has 3 heteroatoms. The minimum atomic E-state index is -0.271. The Bertz CT molecular complexity index is 171. The lowest BCUT2D eigenvalue weighted by Crippen LogP contribution is -1.91. The third-order valence-electron chi connectivity index (χ3n) is 0.926. The predicted octanol–water partition coefficient (Wildman–Crippen LogP) is 1.04. The van der Waals surface area contributed by atoms with Crippen LogP contribution in [0.4, 0.5) is 4.39 Å². The summed E-state index contributed by atoms with van der Waals surface area (Å²) >= 11 is 0. The molecule has 0 bridgehead atoms. The minimum Gasteiger partial charge on any atom is -0.270 e. The second kappa shape index (κ2) is 1.94. The first-order valence-corrected chi connectivity index (χ1v) is 2.51. The molecular formula is C5H7FN2. The summed E-state index contributed by atoms with van der Waals surface area (Å²) in [5.74, 6) is -0.271. The van der Waals surface area contributed by atoms with Crippen LogP contribution in [-0.2, 0) is 6.54 Å². The van der Waals surface area contributed by atoms with Crippen LogP contribution in [0.3, 0.4) is 0 Å². The lowest BCUT2D eigenvalue weighted by atomic mass is 10.7. The number of hydrogen-bond donors (Lipinski definition) is 0. The second-order valence-electron chi connectivity index (χ2n) is 1.51. The van der Waals surface area contributed by atoms with Crippen LogP contribution in [0, 0.1) is 5.82 Å². The van der Waals surface area contributed by atoms with Crippen LogP contribution in [0.15, 0.2) is 12.4 Å². The minimum absolute atomic E-state index is 0.271. The van der Waals surface area contributed by atoms with Crippen molar-refractivity contribution >= 4 is 0 Å². The van der Waals surface area contributed by atoms with Crippen molar-refractivity contribution in [2.45, 2.75) is 13.5 Å². The molecule has 1 aromatic heterocycles. The van der Waals surface area contributed by atoms with E-state index in [1.54, 1.807) is 0 Å². The molecule has 44 valence electrons. The zero-order valence-electron chi connectivity index (χ0n) is 4.63. The molecule has 0 aliphatic heterocycles. The molecule has 0 spiro atoms. The van der Waals surface area contributed by atoms with Gasteiger partial charge in [0.05, 0.1) is 12.4 Å². The molecule has 1 rings (SSSR count). The molecule has 1 heterocycles. The van der Waals surface area contributed by atoms with E-state index in [1.165, 1.54) is 17.1 Å². The van der Waals surface area contributed by atoms with E-state index in [4.69, 9.17) is 0 Å². The van der Waals surface area contributed by atoms with E-state index < -0.39 is 0 Å². The Balaban J connectivity index is 2.84. The molecule has 0 unspecified atom stereocenters. The van der Waals surface area contributed by atoms with Crippen molar-refractivity contribution in [2.75, 3.05) is 0 Å². The van der Waals surface area contributed by atoms with Gasteiger partial charge in [-0.1, -0.05) is 0 Å². The maximum absolute atomic E-state index is 12.0. The molecule has 1 aromatic rings. The monoisotopic (exact) mass is 114 g/mol. The normalized spacial score (nSPS) is 9.75. The van der Waals surface area contributed by atoms with Crippen LogP contribution >= 0.6 is 0 Å². The van der Waals surface area contributed by atoms with Gasteiger partial charge in [-0.25, -0.2) is 4.39 Å². The SMILES string of the molecule is CCn1cc(F)cn1. The second-order valence-corrected chi connectivity index (χ2v) is 1.51. The van der Waals surface area contributed by atoms with Gasteiger partial charge in [-0.3, -0.25) is 4.68 Å². The van der Waals surface area contributed by atoms with Crippen molar-refractivity contribution in [1.29, 1.82) is 0 Å². The number of hydrogen-bond acceptors (Lipinski definition) is 1. The van der Waals surface area contributed by atoms with Crippen LogP contribution < -0.4 is 0 Å². The molecule has 0 N–H and O–H groups in total. The Kier molecular flexibility index (Phi) is 1.28. The quantitative estimate of drug-likeness (QED) is 0.533. The molecule has 0 aliphatic carbocycles. The molecule has 0 aliphatic rings. The Morgan fingerprint density at radius 3 is 2.88 bits per heavy atom. The van der Waals surface area contributed by atoms with Gasteiger partial charge in [0.25, 0.3) is 0 Å². The van der Waals surface area contributed by atoms with Crippen molar-refractivity contribution in [3.63, 3.8) is 0 Å². The van der Waals surface area contributed by atoms with Crippen molar-refractivity contribution in [3.8, 4) is 0 Å². The van der Waals surface area contributed by atoms with Crippen LogP contribution in [0.25, 0.3) is 0 Å². The van der Waals surface area contributed by atoms with Crippen LogP contribution in [-0.4, -0.2) is 9.78 Å². The third-order valence-corrected chi connectivity index (χ3v) is 0.926. The van der Waals surface area contributed by atoms with E-state index in [0.717, 1.165) is 6.54 Å². The summed E-state index contributed by atoms with van der Waals surface area (Å²) in [6.45, 7) is 2.64. The van der Waals surface area contributed by atoms with Gasteiger partial charge >= 0.3 is 0 Å². The number of aromatic nitrogens is 2. The van der Waals surface area contributed by atoms with Crippen LogP contribution in [0.1, 0.15) is 6.92 Å². The first-order chi connectivity index (χ1) is 3.83. The van der Waals surface area contributed by atoms with Gasteiger partial charge in [0, 0.05) is 6.54 Å². The first-order valence-electron chi connectivity index (χ1n) is 2.51. The summed E-state index contributed by atoms with van der Waals surface area (Å²) in [6.07, 6.45) is 2.56. The number of aryl methyl sites for hydroxylation is 1. The van der Waals surface area contributed by atoms with E-state index >= 15 is 0 Å². The highest BCUT2D eigenvalue weighted by molar-refractivity contribution is 4.82. The number of halogens is 1. The summed E-state index contributed by atoms with van der Waals surface area (Å²) < 4.78 is 13.6. The fourth-order valence-electron chi connectivity index (χ4n) is 0.511. The topological polar surface area (TPSA) is 17.8 Å². The molecule has 0 atom stereocenters. The molecule has 0 amide bonds. The first kappa shape index (κ1) is 5.28. The molecule has 0 fully saturated rings. The summed E-state index contributed by atoms with van der Waals surface area (Å²) in [5, 5.41) is 3.68. The maximum atomic E-state index is 12.0. The lowest BCUT2D eigenvalue weighted by molar-refractivity contribution is 0.615. The van der Waals surface area contributed by atoms with Crippen LogP contribution in [0.5, 0.6) is 0 Å². The summed E-state index contributed by atoms with van der Waals surface area (Å²) in [7, 11) is 0. The Hall–Kier alpha value is -0.860. The highest BCUT2D eigenvalue weighted by Gasteiger charge is 1.90. The molecule has 0 radical (unpaired) electrons. The molecule has 0 aromatic carbocycles. The number of rotatable bonds is 1. The molecule has 0 saturated carbocycles. The van der Waals surface area contributed by atoms with E-state index in [2.05, 4.69) is 5.10 Å². The molecule has 0 saturated heterocycles. The fourth-order valence-corrected chi connectivity index (χ4v) is 0.511. The van der Waals surface area contributed by atoms with Gasteiger partial charge in [0.2, 0.25) is 0 Å². The molecular weight excluding hydrogens is 107 g/mol. The standard InChI is InChI=1S/C5H7FN2/c1-2-8-4-5(6)3-7-8/h3-4H,2H2,1H3. The lowest BCUT2D eigenvalue weighted by Gasteiger charge is -1.87. The van der Waals surface area contributed by atoms with Crippen LogP contribution in [0.2, 0.25) is 0 Å². The van der Waals surface area contributed by atoms with Crippen molar-refractivity contribution in [3.05, 3.63) is 18.2 Å². The highest BCUT2D eigenvalue weighted by atomic mass is 19.1. The Labute approximate surface area is 46.9 Å². The van der Waals surface area contributed by atoms with Crippen molar-refractivity contribution < 1.29 is 4.39 Å². The Morgan fingerprint density at radius 2 is 2.62 bits per heavy atom. The van der Waals surface area contributed by atoms with E-state index in [0.29, 0.717) is 0 Å². The third kappa shape index (κ3) is 0.857. The zero-order valence-corrected chi connectivity index (χ0v) is 4.63. The predicted molar refractivity (Wildman–Crippen MR) is 27.9 cm³/mol. The number of nitrogens with zero attached hydrogens (tertiary/aromatic N) is 2. The van der Waals surface area contributed by atoms with Gasteiger partial charge in [-0.2, -0.15) is 5.10 Å².